The molecular formula is C25H14F6N4O2. The number of halogens is 6. The van der Waals surface area contributed by atoms with Crippen LogP contribution in [0.1, 0.15) is 39.2 Å². The molecule has 2 unspecified atom stereocenters. The number of ketones is 2. The molecule has 2 aliphatic rings. The van der Waals surface area contributed by atoms with Crippen molar-refractivity contribution < 1.29 is 35.9 Å². The first kappa shape index (κ1) is 24.5. The molecule has 0 bridgehead atoms. The highest BCUT2D eigenvalue weighted by atomic mass is 19.4. The van der Waals surface area contributed by atoms with E-state index < -0.39 is 69.7 Å². The van der Waals surface area contributed by atoms with Gasteiger partial charge in [0.25, 0.3) is 0 Å². The van der Waals surface area contributed by atoms with E-state index >= 15 is 0 Å². The molecule has 6 nitrogen and oxygen atoms in total. The number of benzene rings is 2. The van der Waals surface area contributed by atoms with E-state index in [1.54, 1.807) is 12.1 Å². The molecule has 0 saturated heterocycles. The number of rotatable bonds is 2. The minimum atomic E-state index is -5.05. The Labute approximate surface area is 204 Å². The van der Waals surface area contributed by atoms with Crippen LogP contribution in [-0.4, -0.2) is 50.7 Å². The highest BCUT2D eigenvalue weighted by molar-refractivity contribution is 6.51. The van der Waals surface area contributed by atoms with Crippen LogP contribution in [0.2, 0.25) is 0 Å². The number of fused-ring (bicyclic) bond motifs is 2. The van der Waals surface area contributed by atoms with Crippen LogP contribution >= 0.6 is 0 Å². The summed E-state index contributed by atoms with van der Waals surface area (Å²) in [6.07, 6.45) is -10.1. The molecule has 0 saturated carbocycles. The van der Waals surface area contributed by atoms with Crippen LogP contribution in [0.3, 0.4) is 0 Å². The van der Waals surface area contributed by atoms with Gasteiger partial charge in [-0.1, -0.05) is 60.7 Å². The Morgan fingerprint density at radius 1 is 0.730 bits per heavy atom. The number of carbonyl (C=O) groups is 2. The van der Waals surface area contributed by atoms with Crippen molar-refractivity contribution in [1.29, 1.82) is 0 Å². The molecule has 2 heterocycles. The zero-order valence-corrected chi connectivity index (χ0v) is 18.7. The number of aliphatic imine (C=N–C) groups is 2. The molecule has 0 radical (unpaired) electrons. The molecule has 37 heavy (non-hydrogen) atoms. The summed E-state index contributed by atoms with van der Waals surface area (Å²) in [5.41, 5.74) is -8.62. The number of carbonyl (C=O) groups excluding carboxylic acids is 2. The molecule has 1 aromatic heterocycles. The predicted molar refractivity (Wildman–Crippen MR) is 120 cm³/mol. The SMILES string of the molecule is CC12N=C(C(F)(F)F)C(c3ccccc3)=NC1C(=O)c1nc(C(F)(F)F)c(-c3ccccc3)nc1C2=O. The lowest BCUT2D eigenvalue weighted by atomic mass is 9.76. The fraction of sp³-hybridized carbons (Fsp3) is 0.200. The third kappa shape index (κ3) is 3.92. The van der Waals surface area contributed by atoms with Gasteiger partial charge in [0, 0.05) is 11.1 Å². The third-order valence-corrected chi connectivity index (χ3v) is 6.04. The van der Waals surface area contributed by atoms with E-state index in [9.17, 15) is 35.9 Å². The van der Waals surface area contributed by atoms with E-state index in [1.165, 1.54) is 48.5 Å². The highest BCUT2D eigenvalue weighted by Crippen LogP contribution is 2.41. The average molecular weight is 516 g/mol. The Bertz CT molecular complexity index is 1500. The van der Waals surface area contributed by atoms with Crippen molar-refractivity contribution in [2.45, 2.75) is 30.9 Å². The highest BCUT2D eigenvalue weighted by Gasteiger charge is 2.58. The van der Waals surface area contributed by atoms with Crippen LogP contribution in [0.4, 0.5) is 26.3 Å². The van der Waals surface area contributed by atoms with Crippen molar-refractivity contribution in [3.8, 4) is 11.3 Å². The summed E-state index contributed by atoms with van der Waals surface area (Å²) in [6, 6.07) is 12.2. The standard InChI is InChI=1S/C25H14F6N4O2/c1-23-21(33-15(13-10-6-3-7-11-13)20(35-23)25(29,30)31)18(36)16-17(22(23)37)32-14(12-8-4-2-5-9-12)19(34-16)24(26,27)28/h2-11,21H,1H3. The van der Waals surface area contributed by atoms with Gasteiger partial charge in [-0.2, -0.15) is 26.3 Å². The van der Waals surface area contributed by atoms with Crippen molar-refractivity contribution in [1.82, 2.24) is 9.97 Å². The Kier molecular flexibility index (Phi) is 5.39. The van der Waals surface area contributed by atoms with Crippen molar-refractivity contribution >= 4 is 23.0 Å². The number of hydrogen-bond acceptors (Lipinski definition) is 6. The van der Waals surface area contributed by atoms with Gasteiger partial charge in [-0.05, 0) is 6.92 Å². The number of alkyl halides is 6. The van der Waals surface area contributed by atoms with Crippen molar-refractivity contribution in [3.63, 3.8) is 0 Å². The van der Waals surface area contributed by atoms with Gasteiger partial charge < -0.3 is 0 Å². The van der Waals surface area contributed by atoms with Crippen LogP contribution in [-0.2, 0) is 6.18 Å². The molecule has 2 aromatic carbocycles. The maximum atomic E-state index is 14.0. The summed E-state index contributed by atoms with van der Waals surface area (Å²) < 4.78 is 83.9. The van der Waals surface area contributed by atoms with E-state index in [0.29, 0.717) is 0 Å². The van der Waals surface area contributed by atoms with Crippen molar-refractivity contribution in [3.05, 3.63) is 83.3 Å². The lowest BCUT2D eigenvalue weighted by Crippen LogP contribution is -2.58. The quantitative estimate of drug-likeness (QED) is 0.440. The maximum absolute atomic E-state index is 14.0. The summed E-state index contributed by atoms with van der Waals surface area (Å²) in [4.78, 5) is 41.8. The zero-order valence-electron chi connectivity index (χ0n) is 18.7. The van der Waals surface area contributed by atoms with Gasteiger partial charge in [0.1, 0.15) is 23.1 Å². The van der Waals surface area contributed by atoms with E-state index in [0.717, 1.165) is 6.92 Å². The normalized spacial score (nSPS) is 21.6. The van der Waals surface area contributed by atoms with Crippen LogP contribution < -0.4 is 0 Å². The number of Topliss-reactive ketones (excluding diaryl/α,β-unsaturated/α-hetero) is 2. The second-order valence-corrected chi connectivity index (χ2v) is 8.53. The Hall–Kier alpha value is -4.22. The van der Waals surface area contributed by atoms with Gasteiger partial charge in [0.05, 0.1) is 5.71 Å². The molecular weight excluding hydrogens is 502 g/mol. The number of aromatic nitrogens is 2. The fourth-order valence-corrected chi connectivity index (χ4v) is 4.29. The Morgan fingerprint density at radius 3 is 1.84 bits per heavy atom. The summed E-state index contributed by atoms with van der Waals surface area (Å²) in [6.45, 7) is 0.986. The topological polar surface area (TPSA) is 84.6 Å². The van der Waals surface area contributed by atoms with Crippen molar-refractivity contribution in [2.24, 2.45) is 9.98 Å². The largest absolute Gasteiger partial charge is 0.435 e. The van der Waals surface area contributed by atoms with Gasteiger partial charge in [0.2, 0.25) is 11.6 Å². The van der Waals surface area contributed by atoms with Gasteiger partial charge in [-0.3, -0.25) is 19.6 Å². The molecule has 2 atom stereocenters. The summed E-state index contributed by atoms with van der Waals surface area (Å²) in [5.74, 6) is -2.38. The minimum Gasteiger partial charge on any atom is -0.290 e. The first-order chi connectivity index (χ1) is 17.3. The maximum Gasteiger partial charge on any atom is 0.435 e. The van der Waals surface area contributed by atoms with Gasteiger partial charge in [-0.25, -0.2) is 9.97 Å². The molecule has 0 N–H and O–H groups in total. The lowest BCUT2D eigenvalue weighted by molar-refractivity contribution is -0.140. The van der Waals surface area contributed by atoms with Crippen LogP contribution in [0, 0.1) is 0 Å². The van der Waals surface area contributed by atoms with Gasteiger partial charge in [0.15, 0.2) is 16.9 Å². The molecule has 0 amide bonds. The first-order valence-electron chi connectivity index (χ1n) is 10.8. The molecule has 12 heteroatoms. The smallest absolute Gasteiger partial charge is 0.290 e. The zero-order chi connectivity index (χ0) is 26.8. The molecule has 188 valence electrons. The Balaban J connectivity index is 1.77. The average Bonchev–Trinajstić information content (AvgIpc) is 2.86. The predicted octanol–water partition coefficient (Wildman–Crippen LogP) is 5.17. The Morgan fingerprint density at radius 2 is 1.30 bits per heavy atom. The van der Waals surface area contributed by atoms with E-state index in [2.05, 4.69) is 20.0 Å². The van der Waals surface area contributed by atoms with E-state index in [1.807, 2.05) is 0 Å². The summed E-state index contributed by atoms with van der Waals surface area (Å²) in [7, 11) is 0. The summed E-state index contributed by atoms with van der Waals surface area (Å²) in [5, 5.41) is 0. The number of hydrogen-bond donors (Lipinski definition) is 0. The first-order valence-corrected chi connectivity index (χ1v) is 10.8. The van der Waals surface area contributed by atoms with E-state index in [4.69, 9.17) is 0 Å². The second-order valence-electron chi connectivity index (χ2n) is 8.53. The molecule has 0 fully saturated rings. The number of nitrogens with zero attached hydrogens (tertiary/aromatic N) is 4. The summed E-state index contributed by atoms with van der Waals surface area (Å²) >= 11 is 0. The van der Waals surface area contributed by atoms with E-state index in [-0.39, 0.29) is 11.1 Å². The fourth-order valence-electron chi connectivity index (χ4n) is 4.29. The molecule has 5 rings (SSSR count). The van der Waals surface area contributed by atoms with Gasteiger partial charge >= 0.3 is 12.4 Å². The van der Waals surface area contributed by atoms with Gasteiger partial charge in [-0.15, -0.1) is 0 Å². The van der Waals surface area contributed by atoms with Crippen LogP contribution in [0.5, 0.6) is 0 Å². The lowest BCUT2D eigenvalue weighted by Gasteiger charge is -2.38. The van der Waals surface area contributed by atoms with Crippen LogP contribution in [0.15, 0.2) is 70.6 Å². The van der Waals surface area contributed by atoms with Crippen molar-refractivity contribution in [2.75, 3.05) is 0 Å². The molecule has 3 aromatic rings. The minimum absolute atomic E-state index is 0.0341. The monoisotopic (exact) mass is 516 g/mol. The molecule has 1 aliphatic carbocycles. The van der Waals surface area contributed by atoms with Crippen LogP contribution in [0.25, 0.3) is 11.3 Å². The molecule has 0 spiro atoms. The molecule has 1 aliphatic heterocycles. The second kappa shape index (κ2) is 8.15. The third-order valence-electron chi connectivity index (χ3n) is 6.04.